The van der Waals surface area contributed by atoms with Gasteiger partial charge < -0.3 is 0 Å². The minimum Gasteiger partial charge on any atom is -0.0843 e. The Morgan fingerprint density at radius 2 is 1.37 bits per heavy atom. The first-order chi connectivity index (χ1) is 8.88. The fourth-order valence-corrected chi connectivity index (χ4v) is 2.99. The fraction of sp³-hybridized carbons (Fsp3) is 0.143. The number of hydrogen-bond acceptors (Lipinski definition) is 0. The van der Waals surface area contributed by atoms with Crippen molar-refractivity contribution >= 4 is 58.0 Å². The van der Waals surface area contributed by atoms with Gasteiger partial charge in [0.25, 0.3) is 0 Å². The van der Waals surface area contributed by atoms with Crippen molar-refractivity contribution in [2.75, 3.05) is 0 Å². The van der Waals surface area contributed by atoms with E-state index >= 15 is 0 Å². The molecule has 19 heavy (non-hydrogen) atoms. The molecule has 100 valence electrons. The largest absolute Gasteiger partial charge is 0.201 e. The lowest BCUT2D eigenvalue weighted by atomic mass is 9.92. The van der Waals surface area contributed by atoms with Crippen LogP contribution in [0.1, 0.15) is 17.0 Å². The first-order valence-corrected chi connectivity index (χ1v) is 7.34. The number of alkyl halides is 3. The molecule has 0 N–H and O–H groups in total. The molecular formula is C14H9Cl5. The van der Waals surface area contributed by atoms with E-state index in [1.165, 1.54) is 0 Å². The van der Waals surface area contributed by atoms with Crippen molar-refractivity contribution in [3.63, 3.8) is 0 Å². The van der Waals surface area contributed by atoms with E-state index < -0.39 is 9.71 Å². The van der Waals surface area contributed by atoms with Gasteiger partial charge in [-0.2, -0.15) is 0 Å². The maximum atomic E-state index is 6.12. The van der Waals surface area contributed by atoms with Crippen molar-refractivity contribution in [2.45, 2.75) is 9.71 Å². The van der Waals surface area contributed by atoms with Gasteiger partial charge in [-0.05, 0) is 35.4 Å². The van der Waals surface area contributed by atoms with Crippen molar-refractivity contribution in [1.29, 1.82) is 0 Å². The topological polar surface area (TPSA) is 0 Å². The van der Waals surface area contributed by atoms with Crippen molar-refractivity contribution in [3.8, 4) is 0 Å². The summed E-state index contributed by atoms with van der Waals surface area (Å²) in [5.41, 5.74) is 1.71. The molecule has 2 aromatic carbocycles. The SMILES string of the molecule is Clc1ccc(C(c2cccc(Cl)c2)C(Cl)(Cl)Cl)cc1. The Kier molecular flexibility index (Phi) is 4.92. The molecule has 0 heterocycles. The van der Waals surface area contributed by atoms with Gasteiger partial charge in [0.15, 0.2) is 0 Å². The van der Waals surface area contributed by atoms with Crippen LogP contribution in [0.3, 0.4) is 0 Å². The minimum absolute atomic E-state index is 0.409. The van der Waals surface area contributed by atoms with E-state index in [0.29, 0.717) is 10.0 Å². The Bertz CT molecular complexity index is 557. The fourth-order valence-electron chi connectivity index (χ4n) is 1.91. The second kappa shape index (κ2) is 6.11. The van der Waals surface area contributed by atoms with Crippen molar-refractivity contribution in [1.82, 2.24) is 0 Å². The molecule has 0 aliphatic rings. The van der Waals surface area contributed by atoms with Crippen molar-refractivity contribution in [3.05, 3.63) is 69.7 Å². The van der Waals surface area contributed by atoms with Gasteiger partial charge in [-0.25, -0.2) is 0 Å². The number of hydrogen-bond donors (Lipinski definition) is 0. The zero-order valence-electron chi connectivity index (χ0n) is 9.59. The molecule has 0 amide bonds. The number of halogens is 5. The van der Waals surface area contributed by atoms with Crippen LogP contribution in [-0.2, 0) is 0 Å². The zero-order chi connectivity index (χ0) is 14.0. The molecular weight excluding hydrogens is 345 g/mol. The highest BCUT2D eigenvalue weighted by Crippen LogP contribution is 2.46. The zero-order valence-corrected chi connectivity index (χ0v) is 13.4. The van der Waals surface area contributed by atoms with Crippen LogP contribution in [0, 0.1) is 0 Å². The van der Waals surface area contributed by atoms with Crippen LogP contribution in [0.4, 0.5) is 0 Å². The van der Waals surface area contributed by atoms with E-state index in [1.54, 1.807) is 24.3 Å². The van der Waals surface area contributed by atoms with Crippen molar-refractivity contribution in [2.24, 2.45) is 0 Å². The van der Waals surface area contributed by atoms with Crippen LogP contribution in [-0.4, -0.2) is 3.79 Å². The Morgan fingerprint density at radius 3 is 1.89 bits per heavy atom. The van der Waals surface area contributed by atoms with Crippen LogP contribution >= 0.6 is 58.0 Å². The molecule has 1 atom stereocenters. The third-order valence-corrected chi connectivity index (χ3v) is 3.85. The third kappa shape index (κ3) is 3.93. The average molecular weight is 354 g/mol. The lowest BCUT2D eigenvalue weighted by molar-refractivity contribution is 0.839. The quantitative estimate of drug-likeness (QED) is 0.540. The molecule has 0 spiro atoms. The van der Waals surface area contributed by atoms with E-state index in [9.17, 15) is 0 Å². The van der Waals surface area contributed by atoms with Crippen LogP contribution in [0.2, 0.25) is 10.0 Å². The van der Waals surface area contributed by atoms with Gasteiger partial charge in [-0.15, -0.1) is 0 Å². The summed E-state index contributed by atoms with van der Waals surface area (Å²) >= 11 is 30.2. The smallest absolute Gasteiger partial charge is 0.0843 e. The Labute approximate surface area is 137 Å². The molecule has 1 unspecified atom stereocenters. The molecule has 0 aromatic heterocycles. The van der Waals surface area contributed by atoms with Gasteiger partial charge in [-0.3, -0.25) is 0 Å². The third-order valence-electron chi connectivity index (χ3n) is 2.71. The number of rotatable bonds is 2. The predicted octanol–water partition coefficient (Wildman–Crippen LogP) is 6.50. The average Bonchev–Trinajstić information content (AvgIpc) is 2.30. The summed E-state index contributed by atoms with van der Waals surface area (Å²) in [7, 11) is 0. The van der Waals surface area contributed by atoms with Crippen LogP contribution < -0.4 is 0 Å². The summed E-state index contributed by atoms with van der Waals surface area (Å²) in [5.74, 6) is -0.409. The molecule has 0 aliphatic heterocycles. The Balaban J connectivity index is 2.51. The molecule has 0 bridgehead atoms. The van der Waals surface area contributed by atoms with E-state index in [2.05, 4.69) is 0 Å². The standard InChI is InChI=1S/C14H9Cl5/c15-11-6-4-9(5-7-11)13(14(17,18)19)10-2-1-3-12(16)8-10/h1-8,13H. The van der Waals surface area contributed by atoms with Gasteiger partial charge in [0.05, 0.1) is 5.92 Å². The maximum Gasteiger partial charge on any atom is 0.201 e. The molecule has 2 rings (SSSR count). The van der Waals surface area contributed by atoms with E-state index in [1.807, 2.05) is 24.3 Å². The van der Waals surface area contributed by atoms with Gasteiger partial charge in [0.2, 0.25) is 3.79 Å². The first kappa shape index (κ1) is 15.3. The van der Waals surface area contributed by atoms with Crippen LogP contribution in [0.5, 0.6) is 0 Å². The molecule has 2 aromatic rings. The van der Waals surface area contributed by atoms with Gasteiger partial charge in [0.1, 0.15) is 0 Å². The number of benzene rings is 2. The normalized spacial score (nSPS) is 13.3. The lowest BCUT2D eigenvalue weighted by Crippen LogP contribution is -2.18. The Hall–Kier alpha value is -0.110. The van der Waals surface area contributed by atoms with Gasteiger partial charge in [0, 0.05) is 10.0 Å². The summed E-state index contributed by atoms with van der Waals surface area (Å²) in [6, 6.07) is 14.5. The molecule has 0 nitrogen and oxygen atoms in total. The Morgan fingerprint density at radius 1 is 0.737 bits per heavy atom. The second-order valence-electron chi connectivity index (χ2n) is 4.08. The molecule has 0 radical (unpaired) electrons. The molecule has 0 saturated heterocycles. The van der Waals surface area contributed by atoms with Crippen LogP contribution in [0.15, 0.2) is 48.5 Å². The minimum atomic E-state index is -1.47. The van der Waals surface area contributed by atoms with Gasteiger partial charge in [-0.1, -0.05) is 82.3 Å². The second-order valence-corrected chi connectivity index (χ2v) is 7.32. The molecule has 0 aliphatic carbocycles. The highest BCUT2D eigenvalue weighted by molar-refractivity contribution is 6.68. The molecule has 0 fully saturated rings. The summed E-state index contributed by atoms with van der Waals surface area (Å²) in [5, 5.41) is 1.24. The highest BCUT2D eigenvalue weighted by Gasteiger charge is 2.35. The summed E-state index contributed by atoms with van der Waals surface area (Å²) < 4.78 is -1.47. The van der Waals surface area contributed by atoms with E-state index in [0.717, 1.165) is 11.1 Å². The van der Waals surface area contributed by atoms with Crippen molar-refractivity contribution < 1.29 is 0 Å². The summed E-state index contributed by atoms with van der Waals surface area (Å²) in [6.45, 7) is 0. The van der Waals surface area contributed by atoms with E-state index in [4.69, 9.17) is 58.0 Å². The monoisotopic (exact) mass is 352 g/mol. The van der Waals surface area contributed by atoms with Crippen LogP contribution in [0.25, 0.3) is 0 Å². The molecule has 5 heteroatoms. The summed E-state index contributed by atoms with van der Waals surface area (Å²) in [6.07, 6.45) is 0. The van der Waals surface area contributed by atoms with Gasteiger partial charge >= 0.3 is 0 Å². The summed E-state index contributed by atoms with van der Waals surface area (Å²) in [4.78, 5) is 0. The van der Waals surface area contributed by atoms with E-state index in [-0.39, 0.29) is 0 Å². The maximum absolute atomic E-state index is 6.12. The molecule has 0 saturated carbocycles. The first-order valence-electron chi connectivity index (χ1n) is 5.45. The highest BCUT2D eigenvalue weighted by atomic mass is 35.6. The predicted molar refractivity (Wildman–Crippen MR) is 85.0 cm³/mol. The lowest BCUT2D eigenvalue weighted by Gasteiger charge is -2.25.